The van der Waals surface area contributed by atoms with Crippen LogP contribution in [0.1, 0.15) is 23.2 Å². The first kappa shape index (κ1) is 13.8. The monoisotopic (exact) mass is 280 g/mol. The average Bonchev–Trinajstić information content (AvgIpc) is 3.19. The zero-order valence-corrected chi connectivity index (χ0v) is 10.4. The van der Waals surface area contributed by atoms with Gasteiger partial charge in [-0.05, 0) is 18.9 Å². The van der Waals surface area contributed by atoms with Crippen molar-refractivity contribution in [2.45, 2.75) is 18.9 Å². The number of nitrogens with one attached hydrogen (secondary N) is 1. The first-order chi connectivity index (χ1) is 9.47. The lowest BCUT2D eigenvalue weighted by molar-refractivity contribution is -0.385. The van der Waals surface area contributed by atoms with Crippen LogP contribution in [0.3, 0.4) is 0 Å². The minimum atomic E-state index is -1.43. The van der Waals surface area contributed by atoms with E-state index in [0.717, 1.165) is 25.0 Å². The molecule has 2 N–H and O–H groups in total. The van der Waals surface area contributed by atoms with Gasteiger partial charge in [-0.3, -0.25) is 14.9 Å². The van der Waals surface area contributed by atoms with Crippen molar-refractivity contribution in [3.05, 3.63) is 33.9 Å². The molecule has 1 aliphatic carbocycles. The van der Waals surface area contributed by atoms with Crippen molar-refractivity contribution in [3.63, 3.8) is 0 Å². The van der Waals surface area contributed by atoms with Gasteiger partial charge in [0.15, 0.2) is 6.61 Å². The Bertz CT molecular complexity index is 567. The Labute approximate surface area is 113 Å². The molecule has 0 bridgehead atoms. The third kappa shape index (κ3) is 3.44. The Balaban J connectivity index is 2.04. The zero-order valence-electron chi connectivity index (χ0n) is 10.4. The standard InChI is InChI=1S/C12H12N2O6/c15-11(13-7-1-2-7)6-20-8-3-4-10(14(18)19)9(5-8)12(16)17/h3-5,7H,1-2,6H2,(H,13,15)(H,16,17). The van der Waals surface area contributed by atoms with Gasteiger partial charge < -0.3 is 15.2 Å². The Hall–Kier alpha value is -2.64. The largest absolute Gasteiger partial charge is 0.484 e. The van der Waals surface area contributed by atoms with Crippen LogP contribution in [0, 0.1) is 10.1 Å². The molecule has 1 saturated carbocycles. The number of nitrogens with zero attached hydrogens (tertiary/aromatic N) is 1. The number of aromatic carboxylic acids is 1. The van der Waals surface area contributed by atoms with Crippen molar-refractivity contribution in [1.29, 1.82) is 0 Å². The van der Waals surface area contributed by atoms with Crippen LogP contribution in [0.15, 0.2) is 18.2 Å². The van der Waals surface area contributed by atoms with Gasteiger partial charge in [-0.15, -0.1) is 0 Å². The summed E-state index contributed by atoms with van der Waals surface area (Å²) >= 11 is 0. The van der Waals surface area contributed by atoms with Gasteiger partial charge in [0.05, 0.1) is 4.92 Å². The highest BCUT2D eigenvalue weighted by molar-refractivity contribution is 5.92. The van der Waals surface area contributed by atoms with Crippen molar-refractivity contribution in [2.75, 3.05) is 6.61 Å². The Morgan fingerprint density at radius 2 is 2.15 bits per heavy atom. The summed E-state index contributed by atoms with van der Waals surface area (Å²) in [5, 5.41) is 22.3. The molecule has 1 aromatic rings. The maximum atomic E-state index is 11.4. The number of benzene rings is 1. The van der Waals surface area contributed by atoms with Crippen LogP contribution in [0.5, 0.6) is 5.75 Å². The number of amides is 1. The van der Waals surface area contributed by atoms with Crippen molar-refractivity contribution in [2.24, 2.45) is 0 Å². The lowest BCUT2D eigenvalue weighted by Crippen LogP contribution is -2.30. The molecule has 0 spiro atoms. The Morgan fingerprint density at radius 1 is 1.45 bits per heavy atom. The molecule has 1 fully saturated rings. The highest BCUT2D eigenvalue weighted by atomic mass is 16.6. The lowest BCUT2D eigenvalue weighted by Gasteiger charge is -2.07. The number of hydrogen-bond donors (Lipinski definition) is 2. The highest BCUT2D eigenvalue weighted by Crippen LogP contribution is 2.24. The number of rotatable bonds is 6. The van der Waals surface area contributed by atoms with Gasteiger partial charge >= 0.3 is 5.97 Å². The summed E-state index contributed by atoms with van der Waals surface area (Å²) in [6.45, 7) is -0.257. The summed E-state index contributed by atoms with van der Waals surface area (Å²) in [7, 11) is 0. The third-order valence-corrected chi connectivity index (χ3v) is 2.71. The van der Waals surface area contributed by atoms with Crippen LogP contribution in [-0.4, -0.2) is 34.6 Å². The molecule has 8 heteroatoms. The molecule has 0 unspecified atom stereocenters. The van der Waals surface area contributed by atoms with E-state index in [1.807, 2.05) is 0 Å². The molecule has 20 heavy (non-hydrogen) atoms. The number of carboxylic acids is 1. The smallest absolute Gasteiger partial charge is 0.342 e. The number of carbonyl (C=O) groups is 2. The van der Waals surface area contributed by atoms with Gasteiger partial charge in [-0.2, -0.15) is 0 Å². The van der Waals surface area contributed by atoms with E-state index in [9.17, 15) is 19.7 Å². The van der Waals surface area contributed by atoms with Crippen molar-refractivity contribution >= 4 is 17.6 Å². The van der Waals surface area contributed by atoms with E-state index < -0.39 is 22.1 Å². The summed E-state index contributed by atoms with van der Waals surface area (Å²) in [6, 6.07) is 3.54. The van der Waals surface area contributed by atoms with Gasteiger partial charge in [0.1, 0.15) is 11.3 Å². The van der Waals surface area contributed by atoms with Gasteiger partial charge in [0.2, 0.25) is 0 Å². The minimum absolute atomic E-state index is 0.0962. The van der Waals surface area contributed by atoms with Gasteiger partial charge in [-0.1, -0.05) is 0 Å². The van der Waals surface area contributed by atoms with E-state index >= 15 is 0 Å². The molecule has 8 nitrogen and oxygen atoms in total. The molecular formula is C12H12N2O6. The molecule has 0 aromatic heterocycles. The van der Waals surface area contributed by atoms with E-state index in [0.29, 0.717) is 0 Å². The van der Waals surface area contributed by atoms with Crippen LogP contribution >= 0.6 is 0 Å². The lowest BCUT2D eigenvalue weighted by atomic mass is 10.1. The zero-order chi connectivity index (χ0) is 14.7. The molecule has 106 valence electrons. The van der Waals surface area contributed by atoms with Crippen molar-refractivity contribution in [1.82, 2.24) is 5.32 Å². The molecule has 0 saturated heterocycles. The predicted octanol–water partition coefficient (Wildman–Crippen LogP) is 0.950. The number of ether oxygens (including phenoxy) is 1. The average molecular weight is 280 g/mol. The third-order valence-electron chi connectivity index (χ3n) is 2.71. The Kier molecular flexibility index (Phi) is 3.83. The van der Waals surface area contributed by atoms with Crippen molar-refractivity contribution in [3.8, 4) is 5.75 Å². The summed E-state index contributed by atoms with van der Waals surface area (Å²) in [4.78, 5) is 32.2. The number of nitro benzene ring substituents is 1. The summed E-state index contributed by atoms with van der Waals surface area (Å²) in [5.41, 5.74) is -0.998. The number of carbonyl (C=O) groups excluding carboxylic acids is 1. The van der Waals surface area contributed by atoms with Crippen LogP contribution in [0.4, 0.5) is 5.69 Å². The van der Waals surface area contributed by atoms with Gasteiger partial charge in [-0.25, -0.2) is 4.79 Å². The molecular weight excluding hydrogens is 268 g/mol. The second-order valence-electron chi connectivity index (χ2n) is 4.37. The highest BCUT2D eigenvalue weighted by Gasteiger charge is 2.24. The molecule has 0 heterocycles. The first-order valence-corrected chi connectivity index (χ1v) is 5.91. The van der Waals surface area contributed by atoms with E-state index in [-0.39, 0.29) is 24.3 Å². The molecule has 0 radical (unpaired) electrons. The topological polar surface area (TPSA) is 119 Å². The Morgan fingerprint density at radius 3 is 2.70 bits per heavy atom. The molecule has 1 aliphatic rings. The van der Waals surface area contributed by atoms with Crippen LogP contribution in [0.25, 0.3) is 0 Å². The van der Waals surface area contributed by atoms with Crippen LogP contribution in [-0.2, 0) is 4.79 Å². The fourth-order valence-electron chi connectivity index (χ4n) is 1.58. The maximum absolute atomic E-state index is 11.4. The first-order valence-electron chi connectivity index (χ1n) is 5.91. The quantitative estimate of drug-likeness (QED) is 0.591. The van der Waals surface area contributed by atoms with E-state index in [1.54, 1.807) is 0 Å². The molecule has 1 amide bonds. The summed E-state index contributed by atoms with van der Waals surface area (Å²) in [5.74, 6) is -1.63. The summed E-state index contributed by atoms with van der Waals surface area (Å²) < 4.78 is 5.12. The maximum Gasteiger partial charge on any atom is 0.342 e. The minimum Gasteiger partial charge on any atom is -0.484 e. The van der Waals surface area contributed by atoms with Crippen molar-refractivity contribution < 1.29 is 24.4 Å². The van der Waals surface area contributed by atoms with E-state index in [2.05, 4.69) is 5.32 Å². The number of hydrogen-bond acceptors (Lipinski definition) is 5. The second-order valence-corrected chi connectivity index (χ2v) is 4.37. The molecule has 1 aromatic carbocycles. The molecule has 0 atom stereocenters. The predicted molar refractivity (Wildman–Crippen MR) is 66.7 cm³/mol. The van der Waals surface area contributed by atoms with Gasteiger partial charge in [0.25, 0.3) is 11.6 Å². The van der Waals surface area contributed by atoms with Gasteiger partial charge in [0, 0.05) is 18.2 Å². The number of carboxylic acid groups (broad SMARTS) is 1. The number of nitro groups is 1. The van der Waals surface area contributed by atoms with Crippen LogP contribution < -0.4 is 10.1 Å². The molecule has 0 aliphatic heterocycles. The summed E-state index contributed by atoms with van der Waals surface area (Å²) in [6.07, 6.45) is 1.90. The SMILES string of the molecule is O=C(COc1ccc([N+](=O)[O-])c(C(=O)O)c1)NC1CC1. The van der Waals surface area contributed by atoms with E-state index in [4.69, 9.17) is 9.84 Å². The molecule has 2 rings (SSSR count). The fourth-order valence-corrected chi connectivity index (χ4v) is 1.58. The second kappa shape index (κ2) is 5.55. The normalized spacial score (nSPS) is 13.6. The van der Waals surface area contributed by atoms with E-state index in [1.165, 1.54) is 6.07 Å². The van der Waals surface area contributed by atoms with Crippen LogP contribution in [0.2, 0.25) is 0 Å². The fraction of sp³-hybridized carbons (Fsp3) is 0.333.